The molecule has 2 aromatic carbocycles. The lowest BCUT2D eigenvalue weighted by Crippen LogP contribution is -2.45. The summed E-state index contributed by atoms with van der Waals surface area (Å²) in [6.07, 6.45) is 3.20. The standard InChI is InChI=1S/C27H32N2O5/c1-17(14-25(30)29-24-13-7-2-8-18(24)15-26(31)32)28-27(33)34-16-23-21-11-5-3-9-19(21)20-10-4-6-12-22(20)23/h3-6,9-12,17-18,23-24H,2,7-8,13-16H2,1H3,(H,28,33)(H,29,30)(H,31,32)/t17?,18-,24-/m0/s1. The molecule has 34 heavy (non-hydrogen) atoms. The van der Waals surface area contributed by atoms with E-state index in [2.05, 4.69) is 34.9 Å². The molecule has 3 N–H and O–H groups in total. The van der Waals surface area contributed by atoms with Crippen LogP contribution >= 0.6 is 0 Å². The fourth-order valence-corrected chi connectivity index (χ4v) is 5.30. The highest BCUT2D eigenvalue weighted by molar-refractivity contribution is 5.80. The summed E-state index contributed by atoms with van der Waals surface area (Å²) in [4.78, 5) is 36.1. The quantitative estimate of drug-likeness (QED) is 0.535. The first kappa shape index (κ1) is 23.8. The van der Waals surface area contributed by atoms with Crippen LogP contribution < -0.4 is 10.6 Å². The maximum absolute atomic E-state index is 12.5. The van der Waals surface area contributed by atoms with Crippen LogP contribution in [0.5, 0.6) is 0 Å². The van der Waals surface area contributed by atoms with Crippen LogP contribution in [0.4, 0.5) is 4.79 Å². The Hall–Kier alpha value is -3.35. The maximum Gasteiger partial charge on any atom is 0.407 e. The molecule has 7 nitrogen and oxygen atoms in total. The first-order valence-corrected chi connectivity index (χ1v) is 12.0. The second-order valence-electron chi connectivity index (χ2n) is 9.39. The van der Waals surface area contributed by atoms with E-state index in [1.807, 2.05) is 24.3 Å². The minimum absolute atomic E-state index is 0.0192. The van der Waals surface area contributed by atoms with Crippen molar-refractivity contribution in [1.29, 1.82) is 0 Å². The molecule has 2 aromatic rings. The molecule has 0 aromatic heterocycles. The maximum atomic E-state index is 12.5. The van der Waals surface area contributed by atoms with Crippen molar-refractivity contribution < 1.29 is 24.2 Å². The van der Waals surface area contributed by atoms with E-state index >= 15 is 0 Å². The summed E-state index contributed by atoms with van der Waals surface area (Å²) in [5.74, 6) is -1.08. The Bertz CT molecular complexity index is 1010. The van der Waals surface area contributed by atoms with E-state index in [4.69, 9.17) is 9.84 Å². The Labute approximate surface area is 199 Å². The number of hydrogen-bond donors (Lipinski definition) is 3. The van der Waals surface area contributed by atoms with Gasteiger partial charge in [-0.05, 0) is 47.9 Å². The number of hydrogen-bond acceptors (Lipinski definition) is 4. The average molecular weight is 465 g/mol. The van der Waals surface area contributed by atoms with Gasteiger partial charge in [0, 0.05) is 24.4 Å². The third kappa shape index (κ3) is 5.58. The molecule has 2 aliphatic rings. The van der Waals surface area contributed by atoms with E-state index in [1.54, 1.807) is 6.92 Å². The summed E-state index contributed by atoms with van der Waals surface area (Å²) < 4.78 is 5.56. The molecule has 0 heterocycles. The third-order valence-corrected chi connectivity index (χ3v) is 6.89. The second kappa shape index (κ2) is 10.7. The molecule has 0 bridgehead atoms. The molecule has 180 valence electrons. The van der Waals surface area contributed by atoms with E-state index in [-0.39, 0.29) is 43.2 Å². The molecule has 1 fully saturated rings. The number of benzene rings is 2. The summed E-state index contributed by atoms with van der Waals surface area (Å²) in [6, 6.07) is 15.8. The predicted octanol–water partition coefficient (Wildman–Crippen LogP) is 4.45. The Morgan fingerprint density at radius 3 is 2.26 bits per heavy atom. The number of ether oxygens (including phenoxy) is 1. The van der Waals surface area contributed by atoms with Crippen molar-refractivity contribution in [2.75, 3.05) is 6.61 Å². The van der Waals surface area contributed by atoms with E-state index in [1.165, 1.54) is 11.1 Å². The molecular weight excluding hydrogens is 432 g/mol. The fraction of sp³-hybridized carbons (Fsp3) is 0.444. The molecule has 0 saturated heterocycles. The molecule has 1 unspecified atom stereocenters. The number of fused-ring (bicyclic) bond motifs is 3. The monoisotopic (exact) mass is 464 g/mol. The van der Waals surface area contributed by atoms with Gasteiger partial charge >= 0.3 is 12.1 Å². The topological polar surface area (TPSA) is 105 Å². The van der Waals surface area contributed by atoms with Crippen LogP contribution in [-0.2, 0) is 14.3 Å². The van der Waals surface area contributed by atoms with Crippen LogP contribution in [0.2, 0.25) is 0 Å². The second-order valence-corrected chi connectivity index (χ2v) is 9.39. The van der Waals surface area contributed by atoms with Crippen LogP contribution in [0.3, 0.4) is 0 Å². The molecule has 0 aliphatic heterocycles. The van der Waals surface area contributed by atoms with E-state index in [9.17, 15) is 14.4 Å². The first-order chi connectivity index (χ1) is 16.4. The number of rotatable bonds is 8. The third-order valence-electron chi connectivity index (χ3n) is 6.89. The largest absolute Gasteiger partial charge is 0.481 e. The van der Waals surface area contributed by atoms with Crippen LogP contribution in [0.25, 0.3) is 11.1 Å². The van der Waals surface area contributed by atoms with Gasteiger partial charge in [-0.25, -0.2) is 4.79 Å². The van der Waals surface area contributed by atoms with Gasteiger partial charge in [-0.3, -0.25) is 9.59 Å². The van der Waals surface area contributed by atoms with Gasteiger partial charge in [0.25, 0.3) is 0 Å². The number of carboxylic acids is 1. The van der Waals surface area contributed by atoms with Gasteiger partial charge in [-0.2, -0.15) is 0 Å². The SMILES string of the molecule is CC(CC(=O)N[C@H]1CCCC[C@H]1CC(=O)O)NC(=O)OCC1c2ccccc2-c2ccccc21. The lowest BCUT2D eigenvalue weighted by atomic mass is 9.82. The lowest BCUT2D eigenvalue weighted by molar-refractivity contribution is -0.139. The number of carbonyl (C=O) groups excluding carboxylic acids is 2. The van der Waals surface area contributed by atoms with Gasteiger partial charge in [-0.15, -0.1) is 0 Å². The molecule has 2 amide bonds. The van der Waals surface area contributed by atoms with Crippen molar-refractivity contribution in [3.05, 3.63) is 59.7 Å². The van der Waals surface area contributed by atoms with Crippen molar-refractivity contribution in [3.63, 3.8) is 0 Å². The molecule has 2 aliphatic carbocycles. The van der Waals surface area contributed by atoms with Crippen molar-refractivity contribution >= 4 is 18.0 Å². The smallest absolute Gasteiger partial charge is 0.407 e. The van der Waals surface area contributed by atoms with Crippen LogP contribution in [0, 0.1) is 5.92 Å². The zero-order valence-electron chi connectivity index (χ0n) is 19.5. The Balaban J connectivity index is 1.27. The highest BCUT2D eigenvalue weighted by atomic mass is 16.5. The number of carbonyl (C=O) groups is 3. The molecule has 4 rings (SSSR count). The molecular formula is C27H32N2O5. The molecule has 0 spiro atoms. The van der Waals surface area contributed by atoms with Crippen molar-refractivity contribution in [2.45, 2.75) is 63.5 Å². The summed E-state index contributed by atoms with van der Waals surface area (Å²) in [7, 11) is 0. The summed E-state index contributed by atoms with van der Waals surface area (Å²) in [5, 5.41) is 14.9. The zero-order chi connectivity index (χ0) is 24.1. The Morgan fingerprint density at radius 1 is 1.00 bits per heavy atom. The van der Waals surface area contributed by atoms with Crippen molar-refractivity contribution in [3.8, 4) is 11.1 Å². The highest BCUT2D eigenvalue weighted by Crippen LogP contribution is 2.44. The number of amides is 2. The predicted molar refractivity (Wildman–Crippen MR) is 128 cm³/mol. The van der Waals surface area contributed by atoms with E-state index in [0.717, 1.165) is 36.8 Å². The van der Waals surface area contributed by atoms with Crippen molar-refractivity contribution in [1.82, 2.24) is 10.6 Å². The van der Waals surface area contributed by atoms with Gasteiger partial charge < -0.3 is 20.5 Å². The molecule has 0 radical (unpaired) electrons. The van der Waals surface area contributed by atoms with E-state index in [0.29, 0.717) is 0 Å². The average Bonchev–Trinajstić information content (AvgIpc) is 3.12. The normalized spacial score (nSPS) is 20.0. The number of carboxylic acid groups (broad SMARTS) is 1. The van der Waals surface area contributed by atoms with Gasteiger partial charge in [0.05, 0.1) is 6.42 Å². The number of alkyl carbamates (subject to hydrolysis) is 1. The van der Waals surface area contributed by atoms with Gasteiger partial charge in [0.1, 0.15) is 6.61 Å². The Morgan fingerprint density at radius 2 is 1.62 bits per heavy atom. The fourth-order valence-electron chi connectivity index (χ4n) is 5.30. The van der Waals surface area contributed by atoms with Crippen LogP contribution in [0.15, 0.2) is 48.5 Å². The van der Waals surface area contributed by atoms with Crippen LogP contribution in [-0.4, -0.2) is 41.8 Å². The number of aliphatic carboxylic acids is 1. The minimum atomic E-state index is -0.837. The van der Waals surface area contributed by atoms with Crippen molar-refractivity contribution in [2.24, 2.45) is 5.92 Å². The molecule has 3 atom stereocenters. The first-order valence-electron chi connectivity index (χ1n) is 12.0. The van der Waals surface area contributed by atoms with Gasteiger partial charge in [-0.1, -0.05) is 61.4 Å². The van der Waals surface area contributed by atoms with Crippen LogP contribution in [0.1, 0.15) is 62.5 Å². The summed E-state index contributed by atoms with van der Waals surface area (Å²) in [5.41, 5.74) is 4.63. The van der Waals surface area contributed by atoms with E-state index < -0.39 is 18.1 Å². The zero-order valence-corrected chi connectivity index (χ0v) is 19.5. The minimum Gasteiger partial charge on any atom is -0.481 e. The molecule has 1 saturated carbocycles. The Kier molecular flexibility index (Phi) is 7.50. The van der Waals surface area contributed by atoms with Gasteiger partial charge in [0.2, 0.25) is 5.91 Å². The molecule has 7 heteroatoms. The lowest BCUT2D eigenvalue weighted by Gasteiger charge is -2.31. The number of nitrogens with one attached hydrogen (secondary N) is 2. The highest BCUT2D eigenvalue weighted by Gasteiger charge is 2.30. The van der Waals surface area contributed by atoms with Gasteiger partial charge in [0.15, 0.2) is 0 Å². The summed E-state index contributed by atoms with van der Waals surface area (Å²) >= 11 is 0. The summed E-state index contributed by atoms with van der Waals surface area (Å²) in [6.45, 7) is 1.98.